The van der Waals surface area contributed by atoms with Crippen LogP contribution >= 0.6 is 0 Å². The lowest BCUT2D eigenvalue weighted by Crippen LogP contribution is -2.51. The van der Waals surface area contributed by atoms with Gasteiger partial charge in [0, 0.05) is 32.7 Å². The van der Waals surface area contributed by atoms with Crippen molar-refractivity contribution in [3.63, 3.8) is 0 Å². The first-order chi connectivity index (χ1) is 11.3. The molecule has 4 saturated heterocycles. The number of hydrogen-bond acceptors (Lipinski definition) is 6. The number of fused-ring (bicyclic) bond motifs is 3. The van der Waals surface area contributed by atoms with Gasteiger partial charge in [-0.1, -0.05) is 0 Å². The van der Waals surface area contributed by atoms with Crippen LogP contribution in [0.3, 0.4) is 0 Å². The summed E-state index contributed by atoms with van der Waals surface area (Å²) in [5.74, 6) is 0.864. The summed E-state index contributed by atoms with van der Waals surface area (Å²) in [4.78, 5) is 28.4. The fraction of sp³-hybridized carbons (Fsp3) is 0.846. The molecule has 4 heterocycles. The fourth-order valence-corrected chi connectivity index (χ4v) is 4.72. The number of nitrogens with one attached hydrogen (secondary N) is 1. The molecule has 0 aromatic carbocycles. The third kappa shape index (κ3) is 2.65. The van der Waals surface area contributed by atoms with E-state index in [-0.39, 0.29) is 12.5 Å². The van der Waals surface area contributed by atoms with E-state index < -0.39 is 28.5 Å². The van der Waals surface area contributed by atoms with Crippen LogP contribution < -0.4 is 5.32 Å². The van der Waals surface area contributed by atoms with E-state index in [2.05, 4.69) is 9.60 Å². The lowest BCUT2D eigenvalue weighted by atomic mass is 10.00. The fourth-order valence-electron chi connectivity index (χ4n) is 4.33. The Hall–Kier alpha value is -1.43. The van der Waals surface area contributed by atoms with Gasteiger partial charge in [0.25, 0.3) is 0 Å². The maximum atomic E-state index is 12.8. The van der Waals surface area contributed by atoms with Gasteiger partial charge in [-0.05, 0) is 24.7 Å². The minimum atomic E-state index is -4.77. The molecule has 0 aliphatic carbocycles. The third-order valence-corrected chi connectivity index (χ3v) is 5.83. The van der Waals surface area contributed by atoms with E-state index in [1.54, 1.807) is 0 Å². The number of nitrogens with zero attached hydrogens (tertiary/aromatic N) is 3. The highest BCUT2D eigenvalue weighted by Gasteiger charge is 2.51. The number of carbonyl (C=O) groups excluding carboxylic acids is 2. The number of piperidine rings is 1. The van der Waals surface area contributed by atoms with Crippen molar-refractivity contribution in [2.45, 2.75) is 24.9 Å². The Morgan fingerprint density at radius 3 is 2.46 bits per heavy atom. The van der Waals surface area contributed by atoms with Crippen molar-refractivity contribution in [1.82, 2.24) is 20.2 Å². The number of carbonyl (C=O) groups is 2. The Morgan fingerprint density at radius 1 is 1.17 bits per heavy atom. The molecule has 134 valence electrons. The van der Waals surface area contributed by atoms with E-state index in [1.807, 2.05) is 4.90 Å². The summed E-state index contributed by atoms with van der Waals surface area (Å²) in [5, 5.41) is 3.99. The highest BCUT2D eigenvalue weighted by atomic mass is 32.3. The Bertz CT molecular complexity index is 657. The molecule has 4 aliphatic rings. The van der Waals surface area contributed by atoms with Crippen molar-refractivity contribution in [3.8, 4) is 0 Å². The third-order valence-electron chi connectivity index (χ3n) is 5.48. The quantitative estimate of drug-likeness (QED) is 0.598. The van der Waals surface area contributed by atoms with Gasteiger partial charge in [0.2, 0.25) is 5.91 Å². The standard InChI is InChI=1S/C13H20N4O6S/c18-12(15-5-8-3-14-4-9(8)6-15)11-2-1-10-7-16(11)13(19)17(10)23-24(20,21)22/h8-11,14H,1-7H2,(H,20,21,22). The van der Waals surface area contributed by atoms with Crippen LogP contribution in [0.25, 0.3) is 0 Å². The van der Waals surface area contributed by atoms with E-state index in [0.29, 0.717) is 42.8 Å². The smallest absolute Gasteiger partial charge is 0.340 e. The average Bonchev–Trinajstić information content (AvgIpc) is 3.16. The molecular formula is C13H20N4O6S. The van der Waals surface area contributed by atoms with Gasteiger partial charge in [-0.3, -0.25) is 9.35 Å². The molecule has 10 nitrogen and oxygen atoms in total. The lowest BCUT2D eigenvalue weighted by molar-refractivity contribution is -0.135. The van der Waals surface area contributed by atoms with Gasteiger partial charge < -0.3 is 15.1 Å². The summed E-state index contributed by atoms with van der Waals surface area (Å²) in [7, 11) is -4.77. The maximum Gasteiger partial charge on any atom is 0.418 e. The summed E-state index contributed by atoms with van der Waals surface area (Å²) in [6.45, 7) is 3.46. The van der Waals surface area contributed by atoms with Crippen molar-refractivity contribution in [1.29, 1.82) is 0 Å². The lowest BCUT2D eigenvalue weighted by Gasteiger charge is -2.32. The van der Waals surface area contributed by atoms with Crippen molar-refractivity contribution in [2.24, 2.45) is 11.8 Å². The summed E-state index contributed by atoms with van der Waals surface area (Å²) in [6, 6.07) is -1.74. The van der Waals surface area contributed by atoms with Crippen molar-refractivity contribution in [3.05, 3.63) is 0 Å². The minimum Gasteiger partial charge on any atom is -0.340 e. The maximum absolute atomic E-state index is 12.8. The zero-order chi connectivity index (χ0) is 17.1. The first-order valence-electron chi connectivity index (χ1n) is 8.10. The minimum absolute atomic E-state index is 0.0788. The Morgan fingerprint density at radius 2 is 1.83 bits per heavy atom. The molecule has 3 amide bonds. The van der Waals surface area contributed by atoms with Crippen LogP contribution in [0.2, 0.25) is 0 Å². The first kappa shape index (κ1) is 16.1. The molecule has 2 N–H and O–H groups in total. The normalized spacial score (nSPS) is 35.7. The summed E-state index contributed by atoms with van der Waals surface area (Å²) < 4.78 is 35.0. The van der Waals surface area contributed by atoms with E-state index in [1.165, 1.54) is 4.90 Å². The van der Waals surface area contributed by atoms with E-state index in [0.717, 1.165) is 13.1 Å². The molecule has 0 aromatic heterocycles. The predicted molar refractivity (Wildman–Crippen MR) is 79.8 cm³/mol. The molecule has 4 rings (SSSR count). The van der Waals surface area contributed by atoms with E-state index >= 15 is 0 Å². The van der Waals surface area contributed by atoms with Gasteiger partial charge in [0.15, 0.2) is 0 Å². The molecule has 24 heavy (non-hydrogen) atoms. The van der Waals surface area contributed by atoms with Crippen LogP contribution in [-0.2, 0) is 19.5 Å². The van der Waals surface area contributed by atoms with E-state index in [4.69, 9.17) is 4.55 Å². The van der Waals surface area contributed by atoms with Crippen LogP contribution in [0.4, 0.5) is 4.79 Å². The summed E-state index contributed by atoms with van der Waals surface area (Å²) in [5.41, 5.74) is 0. The van der Waals surface area contributed by atoms with Crippen molar-refractivity contribution < 1.29 is 26.8 Å². The van der Waals surface area contributed by atoms with Gasteiger partial charge in [-0.2, -0.15) is 13.5 Å². The summed E-state index contributed by atoms with van der Waals surface area (Å²) in [6.07, 6.45) is 0.918. The molecule has 4 fully saturated rings. The molecule has 0 saturated carbocycles. The molecule has 2 bridgehead atoms. The zero-order valence-corrected chi connectivity index (χ0v) is 13.8. The molecule has 0 radical (unpaired) electrons. The second-order valence-electron chi connectivity index (χ2n) is 6.93. The second-order valence-corrected chi connectivity index (χ2v) is 7.94. The molecule has 4 aliphatic heterocycles. The Balaban J connectivity index is 1.46. The molecular weight excluding hydrogens is 340 g/mol. The van der Waals surface area contributed by atoms with Gasteiger partial charge in [-0.25, -0.2) is 4.79 Å². The van der Waals surface area contributed by atoms with Crippen LogP contribution in [0.15, 0.2) is 0 Å². The van der Waals surface area contributed by atoms with Crippen LogP contribution in [0, 0.1) is 11.8 Å². The number of urea groups is 1. The first-order valence-corrected chi connectivity index (χ1v) is 9.46. The molecule has 4 atom stereocenters. The highest BCUT2D eigenvalue weighted by Crippen LogP contribution is 2.33. The largest absolute Gasteiger partial charge is 0.418 e. The predicted octanol–water partition coefficient (Wildman–Crippen LogP) is -1.33. The molecule has 0 aromatic rings. The monoisotopic (exact) mass is 360 g/mol. The van der Waals surface area contributed by atoms with Gasteiger partial charge >= 0.3 is 16.4 Å². The van der Waals surface area contributed by atoms with Gasteiger partial charge in [0.05, 0.1) is 6.04 Å². The zero-order valence-electron chi connectivity index (χ0n) is 13.0. The number of rotatable bonds is 3. The number of hydroxylamine groups is 2. The SMILES string of the molecule is O=C(C1CCC2CN1C(=O)N2OS(=O)(=O)O)N1CC2CNCC2C1. The molecule has 4 unspecified atom stereocenters. The average molecular weight is 360 g/mol. The molecule has 11 heteroatoms. The van der Waals surface area contributed by atoms with Gasteiger partial charge in [0.1, 0.15) is 6.04 Å². The van der Waals surface area contributed by atoms with Crippen LogP contribution in [0.5, 0.6) is 0 Å². The van der Waals surface area contributed by atoms with Crippen LogP contribution in [0.1, 0.15) is 12.8 Å². The van der Waals surface area contributed by atoms with Crippen molar-refractivity contribution >= 4 is 22.3 Å². The Labute approximate surface area is 139 Å². The summed E-state index contributed by atoms with van der Waals surface area (Å²) >= 11 is 0. The van der Waals surface area contributed by atoms with Gasteiger partial charge in [-0.15, -0.1) is 4.28 Å². The number of likely N-dealkylation sites (tertiary alicyclic amines) is 1. The molecule has 0 spiro atoms. The topological polar surface area (TPSA) is 119 Å². The van der Waals surface area contributed by atoms with Crippen LogP contribution in [-0.4, -0.2) is 84.6 Å². The highest BCUT2D eigenvalue weighted by molar-refractivity contribution is 7.80. The van der Waals surface area contributed by atoms with E-state index in [9.17, 15) is 18.0 Å². The Kier molecular flexibility index (Phi) is 3.71. The van der Waals surface area contributed by atoms with Crippen molar-refractivity contribution in [2.75, 3.05) is 32.7 Å². The number of hydrogen-bond donors (Lipinski definition) is 2. The number of amides is 3. The second kappa shape index (κ2) is 5.55.